The average Bonchev–Trinajstić information content (AvgIpc) is 2.51. The van der Waals surface area contributed by atoms with E-state index in [4.69, 9.17) is 11.6 Å². The zero-order valence-electron chi connectivity index (χ0n) is 12.0. The molecule has 0 aliphatic heterocycles. The molecule has 0 N–H and O–H groups in total. The molecular weight excluding hydrogens is 353 g/mol. The minimum atomic E-state index is -1.61. The quantitative estimate of drug-likeness (QED) is 0.469. The van der Waals surface area contributed by atoms with Crippen molar-refractivity contribution >= 4 is 23.3 Å². The van der Waals surface area contributed by atoms with Crippen molar-refractivity contribution in [3.05, 3.63) is 56.5 Å². The Morgan fingerprint density at radius 3 is 2.58 bits per heavy atom. The zero-order chi connectivity index (χ0) is 18.0. The van der Waals surface area contributed by atoms with Gasteiger partial charge in [0, 0.05) is 12.3 Å². The minimum Gasteiger partial charge on any atom is -0.462 e. The first-order chi connectivity index (χ1) is 11.3. The fraction of sp³-hybridized carbons (Fsp3) is 0.143. The Balaban J connectivity index is 2.67. The van der Waals surface area contributed by atoms with Gasteiger partial charge in [0.2, 0.25) is 5.82 Å². The summed E-state index contributed by atoms with van der Waals surface area (Å²) in [7, 11) is 0. The molecule has 6 nitrogen and oxygen atoms in total. The summed E-state index contributed by atoms with van der Waals surface area (Å²) in [4.78, 5) is 24.7. The number of benzene rings is 1. The van der Waals surface area contributed by atoms with E-state index in [0.29, 0.717) is 12.1 Å². The molecule has 0 atom stereocenters. The fourth-order valence-electron chi connectivity index (χ4n) is 1.89. The van der Waals surface area contributed by atoms with Gasteiger partial charge in [-0.15, -0.1) is 0 Å². The summed E-state index contributed by atoms with van der Waals surface area (Å²) >= 11 is 5.69. The van der Waals surface area contributed by atoms with Crippen LogP contribution in [0.1, 0.15) is 17.3 Å². The van der Waals surface area contributed by atoms with Crippen molar-refractivity contribution in [2.75, 3.05) is 6.61 Å². The predicted molar refractivity (Wildman–Crippen MR) is 77.2 cm³/mol. The molecule has 0 unspecified atom stereocenters. The minimum absolute atomic E-state index is 0.00727. The molecule has 0 saturated carbocycles. The van der Waals surface area contributed by atoms with Gasteiger partial charge in [0.1, 0.15) is 11.5 Å². The second-order valence-corrected chi connectivity index (χ2v) is 4.76. The van der Waals surface area contributed by atoms with Crippen molar-refractivity contribution < 1.29 is 27.6 Å². The van der Waals surface area contributed by atoms with Gasteiger partial charge in [0.25, 0.3) is 0 Å². The molecule has 1 aromatic carbocycles. The number of halogens is 4. The van der Waals surface area contributed by atoms with Crippen molar-refractivity contribution in [1.82, 2.24) is 4.98 Å². The van der Waals surface area contributed by atoms with Gasteiger partial charge in [-0.05, 0) is 13.0 Å². The van der Waals surface area contributed by atoms with Crippen LogP contribution in [0, 0.1) is 27.6 Å². The Kier molecular flexibility index (Phi) is 5.03. The molecule has 2 aromatic rings. The van der Waals surface area contributed by atoms with Gasteiger partial charge in [-0.25, -0.2) is 13.6 Å². The van der Waals surface area contributed by atoms with Gasteiger partial charge in [-0.1, -0.05) is 11.6 Å². The van der Waals surface area contributed by atoms with E-state index in [0.717, 1.165) is 6.20 Å². The van der Waals surface area contributed by atoms with Crippen LogP contribution in [0.25, 0.3) is 11.3 Å². The highest BCUT2D eigenvalue weighted by atomic mass is 35.5. The molecule has 0 aliphatic carbocycles. The van der Waals surface area contributed by atoms with E-state index >= 15 is 0 Å². The smallest absolute Gasteiger partial charge is 0.341 e. The van der Waals surface area contributed by atoms with Crippen LogP contribution in [-0.2, 0) is 4.74 Å². The molecule has 0 radical (unpaired) electrons. The molecular formula is C14H8ClF3N2O4. The maximum atomic E-state index is 14.3. The van der Waals surface area contributed by atoms with Gasteiger partial charge >= 0.3 is 11.7 Å². The number of nitro benzene ring substituents is 1. The highest BCUT2D eigenvalue weighted by Gasteiger charge is 2.28. The van der Waals surface area contributed by atoms with Crippen molar-refractivity contribution in [3.63, 3.8) is 0 Å². The normalized spacial score (nSPS) is 10.5. The van der Waals surface area contributed by atoms with Crippen LogP contribution >= 0.6 is 11.6 Å². The Labute approximate surface area is 138 Å². The van der Waals surface area contributed by atoms with Crippen LogP contribution in [-0.4, -0.2) is 22.5 Å². The standard InChI is InChI=1S/C14H8ClF3N2O4/c1-2-24-14(21)6-5-19-13(12(18)10(6)15)9-7(16)3-4-8(11(9)17)20(22)23/h3-5H,2H2,1H3. The number of nitro groups is 1. The summed E-state index contributed by atoms with van der Waals surface area (Å²) in [6.45, 7) is 1.50. The molecule has 0 fully saturated rings. The first-order valence-corrected chi connectivity index (χ1v) is 6.81. The third kappa shape index (κ3) is 3.02. The first-order valence-electron chi connectivity index (χ1n) is 6.43. The van der Waals surface area contributed by atoms with Crippen molar-refractivity contribution in [1.29, 1.82) is 0 Å². The largest absolute Gasteiger partial charge is 0.462 e. The molecule has 24 heavy (non-hydrogen) atoms. The molecule has 0 spiro atoms. The highest BCUT2D eigenvalue weighted by Crippen LogP contribution is 2.35. The lowest BCUT2D eigenvalue weighted by Gasteiger charge is -2.09. The molecule has 0 aliphatic rings. The number of carbonyl (C=O) groups excluding carboxylic acids is 1. The van der Waals surface area contributed by atoms with Crippen molar-refractivity contribution in [2.24, 2.45) is 0 Å². The number of esters is 1. The van der Waals surface area contributed by atoms with E-state index < -0.39 is 55.9 Å². The van der Waals surface area contributed by atoms with Crippen LogP contribution in [0.3, 0.4) is 0 Å². The number of hydrogen-bond acceptors (Lipinski definition) is 5. The Hall–Kier alpha value is -2.68. The summed E-state index contributed by atoms with van der Waals surface area (Å²) in [5.74, 6) is -5.25. The third-order valence-electron chi connectivity index (χ3n) is 2.96. The number of hydrogen-bond donors (Lipinski definition) is 0. The Morgan fingerprint density at radius 1 is 1.33 bits per heavy atom. The average molecular weight is 361 g/mol. The summed E-state index contributed by atoms with van der Waals surface area (Å²) in [5.41, 5.74) is -3.45. The number of rotatable bonds is 4. The van der Waals surface area contributed by atoms with Crippen LogP contribution in [0.15, 0.2) is 18.3 Å². The van der Waals surface area contributed by atoms with Gasteiger partial charge in [0.15, 0.2) is 5.82 Å². The molecule has 2 rings (SSSR count). The van der Waals surface area contributed by atoms with E-state index in [1.807, 2.05) is 0 Å². The number of carbonyl (C=O) groups is 1. The van der Waals surface area contributed by atoms with Crippen LogP contribution in [0.5, 0.6) is 0 Å². The lowest BCUT2D eigenvalue weighted by molar-refractivity contribution is -0.387. The van der Waals surface area contributed by atoms with Gasteiger partial charge in [0.05, 0.1) is 27.7 Å². The Morgan fingerprint density at radius 2 is 2.00 bits per heavy atom. The topological polar surface area (TPSA) is 82.3 Å². The van der Waals surface area contributed by atoms with Crippen LogP contribution < -0.4 is 0 Å². The lowest BCUT2D eigenvalue weighted by Crippen LogP contribution is -2.09. The zero-order valence-corrected chi connectivity index (χ0v) is 12.7. The SMILES string of the molecule is CCOC(=O)c1cnc(-c2c(F)ccc([N+](=O)[O-])c2F)c(F)c1Cl. The molecule has 0 saturated heterocycles. The molecule has 0 bridgehead atoms. The van der Waals surface area contributed by atoms with E-state index in [9.17, 15) is 28.1 Å². The maximum absolute atomic E-state index is 14.3. The highest BCUT2D eigenvalue weighted by molar-refractivity contribution is 6.34. The van der Waals surface area contributed by atoms with Crippen molar-refractivity contribution in [2.45, 2.75) is 6.92 Å². The summed E-state index contributed by atoms with van der Waals surface area (Å²) in [6, 6.07) is 1.20. The Bertz CT molecular complexity index is 845. The van der Waals surface area contributed by atoms with Gasteiger partial charge < -0.3 is 4.74 Å². The second-order valence-electron chi connectivity index (χ2n) is 4.38. The van der Waals surface area contributed by atoms with Gasteiger partial charge in [-0.2, -0.15) is 4.39 Å². The second kappa shape index (κ2) is 6.83. The van der Waals surface area contributed by atoms with Crippen molar-refractivity contribution in [3.8, 4) is 11.3 Å². The third-order valence-corrected chi connectivity index (χ3v) is 3.33. The number of nitrogens with zero attached hydrogens (tertiary/aromatic N) is 2. The predicted octanol–water partition coefficient (Wildman–Crippen LogP) is 3.90. The summed E-state index contributed by atoms with van der Waals surface area (Å²) in [5, 5.41) is 9.97. The number of ether oxygens (including phenoxy) is 1. The molecule has 126 valence electrons. The van der Waals surface area contributed by atoms with Crippen LogP contribution in [0.2, 0.25) is 5.02 Å². The van der Waals surface area contributed by atoms with Crippen LogP contribution in [0.4, 0.5) is 18.9 Å². The first kappa shape index (κ1) is 17.7. The maximum Gasteiger partial charge on any atom is 0.341 e. The van der Waals surface area contributed by atoms with E-state index in [-0.39, 0.29) is 6.61 Å². The fourth-order valence-corrected chi connectivity index (χ4v) is 2.11. The molecule has 10 heteroatoms. The van der Waals surface area contributed by atoms with E-state index in [2.05, 4.69) is 9.72 Å². The monoisotopic (exact) mass is 360 g/mol. The summed E-state index contributed by atoms with van der Waals surface area (Å²) in [6.07, 6.45) is 0.774. The number of aromatic nitrogens is 1. The molecule has 1 aromatic heterocycles. The summed E-state index contributed by atoms with van der Waals surface area (Å²) < 4.78 is 47.0. The molecule has 0 amide bonds. The number of pyridine rings is 1. The molecule has 1 heterocycles. The van der Waals surface area contributed by atoms with E-state index in [1.165, 1.54) is 6.92 Å². The van der Waals surface area contributed by atoms with Gasteiger partial charge in [-0.3, -0.25) is 15.1 Å². The van der Waals surface area contributed by atoms with E-state index in [1.54, 1.807) is 0 Å². The lowest BCUT2D eigenvalue weighted by atomic mass is 10.1.